The van der Waals surface area contributed by atoms with Crippen molar-refractivity contribution in [3.63, 3.8) is 0 Å². The van der Waals surface area contributed by atoms with Crippen LogP contribution in [-0.4, -0.2) is 17.9 Å². The molecule has 0 radical (unpaired) electrons. The van der Waals surface area contributed by atoms with E-state index in [1.54, 1.807) is 24.3 Å². The summed E-state index contributed by atoms with van der Waals surface area (Å²) in [6.45, 7) is 0. The Morgan fingerprint density at radius 2 is 2.38 bits per heavy atom. The molecule has 0 aromatic carbocycles. The Balaban J connectivity index is 2.23. The molecule has 0 spiro atoms. The SMILES string of the molecule is CN(C(=O)c1csc(Br)c1)c1cccnc1. The Hall–Kier alpha value is -1.20. The van der Waals surface area contributed by atoms with Gasteiger partial charge in [0.2, 0.25) is 0 Å². The van der Waals surface area contributed by atoms with Crippen LogP contribution in [0.5, 0.6) is 0 Å². The highest BCUT2D eigenvalue weighted by Gasteiger charge is 2.14. The number of hydrogen-bond donors (Lipinski definition) is 0. The Labute approximate surface area is 106 Å². The van der Waals surface area contributed by atoms with Crippen molar-refractivity contribution in [2.45, 2.75) is 0 Å². The maximum atomic E-state index is 12.0. The molecule has 0 saturated heterocycles. The van der Waals surface area contributed by atoms with Crippen LogP contribution in [0.25, 0.3) is 0 Å². The molecule has 0 bridgehead atoms. The minimum Gasteiger partial charge on any atom is -0.310 e. The zero-order valence-electron chi connectivity index (χ0n) is 8.55. The molecule has 0 saturated carbocycles. The Kier molecular flexibility index (Phi) is 3.36. The molecular weight excluding hydrogens is 288 g/mol. The highest BCUT2D eigenvalue weighted by molar-refractivity contribution is 9.11. The van der Waals surface area contributed by atoms with Crippen molar-refractivity contribution in [1.82, 2.24) is 4.98 Å². The summed E-state index contributed by atoms with van der Waals surface area (Å²) in [4.78, 5) is 17.6. The number of aromatic nitrogens is 1. The largest absolute Gasteiger partial charge is 0.310 e. The molecule has 3 nitrogen and oxygen atoms in total. The first-order chi connectivity index (χ1) is 7.68. The maximum Gasteiger partial charge on any atom is 0.258 e. The van der Waals surface area contributed by atoms with Gasteiger partial charge in [-0.15, -0.1) is 11.3 Å². The second-order valence-corrected chi connectivity index (χ2v) is 5.51. The second-order valence-electron chi connectivity index (χ2n) is 3.21. The van der Waals surface area contributed by atoms with E-state index in [0.717, 1.165) is 9.47 Å². The van der Waals surface area contributed by atoms with E-state index in [1.165, 1.54) is 11.3 Å². The van der Waals surface area contributed by atoms with E-state index in [1.807, 2.05) is 23.6 Å². The van der Waals surface area contributed by atoms with Crippen molar-refractivity contribution in [2.24, 2.45) is 0 Å². The fourth-order valence-corrected chi connectivity index (χ4v) is 2.42. The first-order valence-electron chi connectivity index (χ1n) is 4.60. The molecule has 82 valence electrons. The minimum absolute atomic E-state index is 0.0325. The fourth-order valence-electron chi connectivity index (χ4n) is 1.29. The van der Waals surface area contributed by atoms with Gasteiger partial charge in [0.1, 0.15) is 0 Å². The van der Waals surface area contributed by atoms with Gasteiger partial charge < -0.3 is 4.90 Å². The third kappa shape index (κ3) is 2.31. The number of thiophene rings is 1. The van der Waals surface area contributed by atoms with Gasteiger partial charge in [-0.3, -0.25) is 9.78 Å². The van der Waals surface area contributed by atoms with Crippen LogP contribution in [0.2, 0.25) is 0 Å². The van der Waals surface area contributed by atoms with Crippen molar-refractivity contribution in [3.8, 4) is 0 Å². The maximum absolute atomic E-state index is 12.0. The van der Waals surface area contributed by atoms with Gasteiger partial charge in [0.05, 0.1) is 21.2 Å². The lowest BCUT2D eigenvalue weighted by atomic mass is 10.3. The van der Waals surface area contributed by atoms with Gasteiger partial charge in [0, 0.05) is 18.6 Å². The van der Waals surface area contributed by atoms with Crippen molar-refractivity contribution >= 4 is 38.9 Å². The van der Waals surface area contributed by atoms with Gasteiger partial charge in [-0.1, -0.05) is 0 Å². The highest BCUT2D eigenvalue weighted by Crippen LogP contribution is 2.23. The van der Waals surface area contributed by atoms with Gasteiger partial charge in [0.15, 0.2) is 0 Å². The van der Waals surface area contributed by atoms with Crippen molar-refractivity contribution in [2.75, 3.05) is 11.9 Å². The monoisotopic (exact) mass is 296 g/mol. The van der Waals surface area contributed by atoms with Gasteiger partial charge in [-0.25, -0.2) is 0 Å². The number of halogens is 1. The van der Waals surface area contributed by atoms with Crippen molar-refractivity contribution in [1.29, 1.82) is 0 Å². The van der Waals surface area contributed by atoms with Crippen LogP contribution < -0.4 is 4.90 Å². The predicted octanol–water partition coefficient (Wildman–Crippen LogP) is 3.18. The van der Waals surface area contributed by atoms with E-state index in [-0.39, 0.29) is 5.91 Å². The normalized spacial score (nSPS) is 10.1. The lowest BCUT2D eigenvalue weighted by Gasteiger charge is -2.15. The molecule has 0 fully saturated rings. The molecular formula is C11H9BrN2OS. The molecule has 0 aliphatic heterocycles. The first kappa shape index (κ1) is 11.3. The predicted molar refractivity (Wildman–Crippen MR) is 69.0 cm³/mol. The molecule has 0 aliphatic carbocycles. The zero-order chi connectivity index (χ0) is 11.5. The molecule has 0 unspecified atom stereocenters. The average molecular weight is 297 g/mol. The number of carbonyl (C=O) groups is 1. The van der Waals surface area contributed by atoms with Crippen LogP contribution in [0, 0.1) is 0 Å². The number of amides is 1. The molecule has 2 aromatic rings. The fraction of sp³-hybridized carbons (Fsp3) is 0.0909. The van der Waals surface area contributed by atoms with Crippen molar-refractivity contribution in [3.05, 3.63) is 45.3 Å². The van der Waals surface area contributed by atoms with Crippen LogP contribution in [0.1, 0.15) is 10.4 Å². The van der Waals surface area contributed by atoms with Crippen LogP contribution in [-0.2, 0) is 0 Å². The quantitative estimate of drug-likeness (QED) is 0.853. The van der Waals surface area contributed by atoms with E-state index < -0.39 is 0 Å². The summed E-state index contributed by atoms with van der Waals surface area (Å²) >= 11 is 4.84. The average Bonchev–Trinajstić information content (AvgIpc) is 2.75. The summed E-state index contributed by atoms with van der Waals surface area (Å²) in [6, 6.07) is 5.48. The number of rotatable bonds is 2. The molecule has 0 aliphatic rings. The third-order valence-electron chi connectivity index (χ3n) is 2.15. The smallest absolute Gasteiger partial charge is 0.258 e. The lowest BCUT2D eigenvalue weighted by Crippen LogP contribution is -2.25. The second kappa shape index (κ2) is 4.76. The van der Waals surface area contributed by atoms with Gasteiger partial charge in [-0.2, -0.15) is 0 Å². The summed E-state index contributed by atoms with van der Waals surface area (Å²) in [6.07, 6.45) is 3.35. The molecule has 2 rings (SSSR count). The summed E-state index contributed by atoms with van der Waals surface area (Å²) in [5.74, 6) is -0.0325. The topological polar surface area (TPSA) is 33.2 Å². The minimum atomic E-state index is -0.0325. The number of hydrogen-bond acceptors (Lipinski definition) is 3. The standard InChI is InChI=1S/C11H9BrN2OS/c1-14(9-3-2-4-13-6-9)11(15)8-5-10(12)16-7-8/h2-7H,1H3. The van der Waals surface area contributed by atoms with Gasteiger partial charge >= 0.3 is 0 Å². The number of carbonyl (C=O) groups excluding carboxylic acids is 1. The summed E-state index contributed by atoms with van der Waals surface area (Å²) in [5, 5.41) is 1.83. The molecule has 2 heterocycles. The Bertz CT molecular complexity index is 498. The van der Waals surface area contributed by atoms with E-state index in [2.05, 4.69) is 20.9 Å². The highest BCUT2D eigenvalue weighted by atomic mass is 79.9. The molecule has 0 atom stereocenters. The Morgan fingerprint density at radius 3 is 2.94 bits per heavy atom. The summed E-state index contributed by atoms with van der Waals surface area (Å²) < 4.78 is 0.954. The van der Waals surface area contributed by atoms with E-state index in [9.17, 15) is 4.79 Å². The molecule has 1 amide bonds. The number of anilines is 1. The van der Waals surface area contributed by atoms with E-state index in [0.29, 0.717) is 5.56 Å². The zero-order valence-corrected chi connectivity index (χ0v) is 11.0. The van der Waals surface area contributed by atoms with Gasteiger partial charge in [0.25, 0.3) is 5.91 Å². The van der Waals surface area contributed by atoms with Gasteiger partial charge in [-0.05, 0) is 34.1 Å². The van der Waals surface area contributed by atoms with E-state index >= 15 is 0 Å². The molecule has 16 heavy (non-hydrogen) atoms. The molecule has 0 N–H and O–H groups in total. The van der Waals surface area contributed by atoms with Crippen LogP contribution in [0.15, 0.2) is 39.8 Å². The summed E-state index contributed by atoms with van der Waals surface area (Å²) in [7, 11) is 1.74. The summed E-state index contributed by atoms with van der Waals surface area (Å²) in [5.41, 5.74) is 1.47. The van der Waals surface area contributed by atoms with E-state index in [4.69, 9.17) is 0 Å². The lowest BCUT2D eigenvalue weighted by molar-refractivity contribution is 0.0993. The van der Waals surface area contributed by atoms with Crippen molar-refractivity contribution < 1.29 is 4.79 Å². The Morgan fingerprint density at radius 1 is 1.56 bits per heavy atom. The van der Waals surface area contributed by atoms with Crippen LogP contribution in [0.4, 0.5) is 5.69 Å². The number of nitrogens with zero attached hydrogens (tertiary/aromatic N) is 2. The van der Waals surface area contributed by atoms with Crippen LogP contribution in [0.3, 0.4) is 0 Å². The third-order valence-corrected chi connectivity index (χ3v) is 3.66. The number of pyridine rings is 1. The van der Waals surface area contributed by atoms with Crippen LogP contribution >= 0.6 is 27.3 Å². The first-order valence-corrected chi connectivity index (χ1v) is 6.28. The molecule has 2 aromatic heterocycles. The molecule has 5 heteroatoms.